The number of benzene rings is 10. The maximum Gasteiger partial charge on any atom is 0.0625 e. The molecule has 1 heterocycles. The zero-order valence-corrected chi connectivity index (χ0v) is 31.8. The number of rotatable bonds is 7. The predicted octanol–water partition coefficient (Wildman–Crippen LogP) is 15.6. The Morgan fingerprint density at radius 3 is 1.62 bits per heavy atom. The quantitative estimate of drug-likeness (QED) is 0.158. The van der Waals surface area contributed by atoms with Gasteiger partial charge in [0.1, 0.15) is 0 Å². The molecule has 2 nitrogen and oxygen atoms in total. The van der Waals surface area contributed by atoms with Crippen molar-refractivity contribution in [1.29, 1.82) is 0 Å². The normalized spacial score (nSPS) is 11.4. The first kappa shape index (κ1) is 33.6. The highest BCUT2D eigenvalue weighted by atomic mass is 15.1. The fourth-order valence-electron chi connectivity index (χ4n) is 8.87. The van der Waals surface area contributed by atoms with Crippen molar-refractivity contribution in [1.82, 2.24) is 4.57 Å². The summed E-state index contributed by atoms with van der Waals surface area (Å²) in [5.41, 5.74) is 14.1. The molecule has 1 aromatic heterocycles. The smallest absolute Gasteiger partial charge is 0.0625 e. The van der Waals surface area contributed by atoms with E-state index in [1.807, 2.05) is 0 Å². The van der Waals surface area contributed by atoms with E-state index < -0.39 is 0 Å². The molecule has 0 aliphatic rings. The van der Waals surface area contributed by atoms with Gasteiger partial charge >= 0.3 is 0 Å². The van der Waals surface area contributed by atoms with Crippen LogP contribution in [0, 0.1) is 0 Å². The van der Waals surface area contributed by atoms with E-state index in [0.29, 0.717) is 0 Å². The number of para-hydroxylation sites is 2. The van der Waals surface area contributed by atoms with E-state index in [9.17, 15) is 0 Å². The van der Waals surface area contributed by atoms with Gasteiger partial charge in [0.15, 0.2) is 0 Å². The lowest BCUT2D eigenvalue weighted by atomic mass is 9.94. The van der Waals surface area contributed by atoms with Gasteiger partial charge in [-0.2, -0.15) is 0 Å². The lowest BCUT2D eigenvalue weighted by molar-refractivity contribution is 1.19. The molecule has 0 atom stereocenters. The fraction of sp³-hybridized carbons (Fsp3) is 0. The third-order valence-electron chi connectivity index (χ3n) is 11.5. The maximum absolute atomic E-state index is 2.44. The molecular weight excluding hydrogens is 701 g/mol. The number of hydrogen-bond acceptors (Lipinski definition) is 1. The fourth-order valence-corrected chi connectivity index (χ4v) is 8.87. The van der Waals surface area contributed by atoms with Crippen molar-refractivity contribution in [3.63, 3.8) is 0 Å². The summed E-state index contributed by atoms with van der Waals surface area (Å²) in [6, 6.07) is 83.6. The summed E-state index contributed by atoms with van der Waals surface area (Å²) in [6.45, 7) is 0. The van der Waals surface area contributed by atoms with Crippen LogP contribution in [0.15, 0.2) is 231 Å². The molecular formula is C56H38N2. The topological polar surface area (TPSA) is 8.17 Å². The van der Waals surface area contributed by atoms with Crippen LogP contribution in [0.4, 0.5) is 17.1 Å². The number of hydrogen-bond donors (Lipinski definition) is 0. The minimum absolute atomic E-state index is 1.09. The first-order chi connectivity index (χ1) is 28.8. The van der Waals surface area contributed by atoms with Crippen molar-refractivity contribution < 1.29 is 0 Å². The summed E-state index contributed by atoms with van der Waals surface area (Å²) >= 11 is 0. The molecule has 0 radical (unpaired) electrons. The van der Waals surface area contributed by atoms with Gasteiger partial charge in [0.25, 0.3) is 0 Å². The summed E-state index contributed by atoms with van der Waals surface area (Å²) in [7, 11) is 0. The van der Waals surface area contributed by atoms with Gasteiger partial charge in [0, 0.05) is 38.9 Å². The molecule has 0 aliphatic carbocycles. The Morgan fingerprint density at radius 2 is 0.862 bits per heavy atom. The molecule has 0 bridgehead atoms. The van der Waals surface area contributed by atoms with E-state index in [1.54, 1.807) is 0 Å². The Morgan fingerprint density at radius 1 is 0.310 bits per heavy atom. The molecule has 11 rings (SSSR count). The lowest BCUT2D eigenvalue weighted by Crippen LogP contribution is -2.10. The summed E-state index contributed by atoms with van der Waals surface area (Å²) in [6.07, 6.45) is 0. The van der Waals surface area contributed by atoms with Crippen molar-refractivity contribution in [2.45, 2.75) is 0 Å². The van der Waals surface area contributed by atoms with Crippen LogP contribution < -0.4 is 4.90 Å². The van der Waals surface area contributed by atoms with E-state index in [2.05, 4.69) is 240 Å². The summed E-state index contributed by atoms with van der Waals surface area (Å²) in [4.78, 5) is 2.39. The Labute approximate surface area is 338 Å². The monoisotopic (exact) mass is 738 g/mol. The Bertz CT molecular complexity index is 3250. The van der Waals surface area contributed by atoms with E-state index in [0.717, 1.165) is 22.7 Å². The van der Waals surface area contributed by atoms with Crippen LogP contribution in [0.2, 0.25) is 0 Å². The van der Waals surface area contributed by atoms with Crippen LogP contribution in [0.3, 0.4) is 0 Å². The first-order valence-corrected chi connectivity index (χ1v) is 19.9. The maximum atomic E-state index is 2.44. The molecule has 0 N–H and O–H groups in total. The van der Waals surface area contributed by atoms with Gasteiger partial charge in [-0.05, 0) is 110 Å². The third-order valence-corrected chi connectivity index (χ3v) is 11.5. The molecule has 0 unspecified atom stereocenters. The highest BCUT2D eigenvalue weighted by Crippen LogP contribution is 2.45. The molecule has 0 saturated heterocycles. The van der Waals surface area contributed by atoms with Crippen LogP contribution in [-0.4, -0.2) is 4.57 Å². The third kappa shape index (κ3) is 5.74. The van der Waals surface area contributed by atoms with E-state index >= 15 is 0 Å². The average molecular weight is 739 g/mol. The van der Waals surface area contributed by atoms with E-state index in [4.69, 9.17) is 0 Å². The summed E-state index contributed by atoms with van der Waals surface area (Å²) in [5, 5.41) is 7.46. The molecule has 0 fully saturated rings. The molecule has 2 heteroatoms. The van der Waals surface area contributed by atoms with Crippen LogP contribution in [0.5, 0.6) is 0 Å². The molecule has 0 spiro atoms. The van der Waals surface area contributed by atoms with Crippen molar-refractivity contribution in [2.75, 3.05) is 4.90 Å². The van der Waals surface area contributed by atoms with Gasteiger partial charge in [-0.3, -0.25) is 0 Å². The van der Waals surface area contributed by atoms with E-state index in [1.165, 1.54) is 76.7 Å². The van der Waals surface area contributed by atoms with Gasteiger partial charge in [-0.25, -0.2) is 0 Å². The SMILES string of the molecule is c1ccc(-c2ccc(N(c3ccc(-c4cccc5ccccc45)cc3)c3cccc(-c4cc5ccccc5c5c4c4ccccc4n5-c4ccccc4)c3)cc2)cc1. The molecule has 0 amide bonds. The second-order valence-corrected chi connectivity index (χ2v) is 14.9. The Balaban J connectivity index is 1.10. The largest absolute Gasteiger partial charge is 0.310 e. The number of anilines is 3. The van der Waals surface area contributed by atoms with Crippen molar-refractivity contribution in [2.24, 2.45) is 0 Å². The Hall–Kier alpha value is -7.68. The highest BCUT2D eigenvalue weighted by Gasteiger charge is 2.21. The second kappa shape index (κ2) is 14.1. The second-order valence-electron chi connectivity index (χ2n) is 14.9. The molecule has 0 saturated carbocycles. The molecule has 272 valence electrons. The van der Waals surface area contributed by atoms with Crippen LogP contribution in [-0.2, 0) is 0 Å². The molecule has 11 aromatic rings. The van der Waals surface area contributed by atoms with Gasteiger partial charge in [0.2, 0.25) is 0 Å². The molecule has 10 aromatic carbocycles. The van der Waals surface area contributed by atoms with E-state index in [-0.39, 0.29) is 0 Å². The van der Waals surface area contributed by atoms with Crippen LogP contribution in [0.25, 0.3) is 82.4 Å². The highest BCUT2D eigenvalue weighted by molar-refractivity contribution is 6.24. The standard InChI is InChI=1S/C56H38N2/c1-3-15-39(16-4-1)40-29-33-46(34-30-40)57(47-35-31-42(32-36-47)50-27-14-19-41-17-7-9-24-49(41)50)48-23-13-20-43(37-48)53-38-44-18-8-10-25-51(44)56-55(53)52-26-11-12-28-54(52)58(56)45-21-5-2-6-22-45/h1-38H. The summed E-state index contributed by atoms with van der Waals surface area (Å²) < 4.78 is 2.44. The minimum Gasteiger partial charge on any atom is -0.310 e. The van der Waals surface area contributed by atoms with Crippen LogP contribution >= 0.6 is 0 Å². The van der Waals surface area contributed by atoms with Crippen molar-refractivity contribution in [3.05, 3.63) is 231 Å². The van der Waals surface area contributed by atoms with Gasteiger partial charge in [-0.1, -0.05) is 170 Å². The van der Waals surface area contributed by atoms with Gasteiger partial charge < -0.3 is 9.47 Å². The zero-order chi connectivity index (χ0) is 38.4. The lowest BCUT2D eigenvalue weighted by Gasteiger charge is -2.26. The van der Waals surface area contributed by atoms with Gasteiger partial charge in [-0.15, -0.1) is 0 Å². The number of fused-ring (bicyclic) bond motifs is 6. The van der Waals surface area contributed by atoms with Crippen molar-refractivity contribution in [3.8, 4) is 39.1 Å². The molecule has 0 aliphatic heterocycles. The average Bonchev–Trinajstić information content (AvgIpc) is 3.65. The molecule has 58 heavy (non-hydrogen) atoms. The first-order valence-electron chi connectivity index (χ1n) is 19.9. The van der Waals surface area contributed by atoms with Crippen LogP contribution in [0.1, 0.15) is 0 Å². The number of nitrogens with zero attached hydrogens (tertiary/aromatic N) is 2. The zero-order valence-electron chi connectivity index (χ0n) is 31.8. The minimum atomic E-state index is 1.09. The van der Waals surface area contributed by atoms with Gasteiger partial charge in [0.05, 0.1) is 11.0 Å². The Kier molecular flexibility index (Phi) is 8.19. The summed E-state index contributed by atoms with van der Waals surface area (Å²) in [5.74, 6) is 0. The number of aromatic nitrogens is 1. The van der Waals surface area contributed by atoms with Crippen molar-refractivity contribution >= 4 is 60.4 Å². The predicted molar refractivity (Wildman–Crippen MR) is 247 cm³/mol.